The number of ether oxygens (including phenoxy) is 1. The van der Waals surface area contributed by atoms with Crippen LogP contribution in [-0.2, 0) is 14.6 Å². The van der Waals surface area contributed by atoms with Gasteiger partial charge in [-0.15, -0.1) is 0 Å². The van der Waals surface area contributed by atoms with Crippen LogP contribution in [0.3, 0.4) is 0 Å². The highest BCUT2D eigenvalue weighted by atomic mass is 32.2. The van der Waals surface area contributed by atoms with E-state index in [-0.39, 0.29) is 23.5 Å². The summed E-state index contributed by atoms with van der Waals surface area (Å²) in [5, 5.41) is 2.93. The maximum absolute atomic E-state index is 12.2. The van der Waals surface area contributed by atoms with Crippen molar-refractivity contribution in [3.63, 3.8) is 0 Å². The Bertz CT molecular complexity index is 856. The first-order valence-electron chi connectivity index (χ1n) is 9.02. The molecule has 0 saturated heterocycles. The van der Waals surface area contributed by atoms with Crippen LogP contribution in [0.4, 0.5) is 0 Å². The molecule has 0 saturated carbocycles. The number of carbonyl (C=O) groups is 1. The molecule has 0 spiro atoms. The van der Waals surface area contributed by atoms with Crippen LogP contribution >= 0.6 is 0 Å². The van der Waals surface area contributed by atoms with Crippen molar-refractivity contribution in [2.75, 3.05) is 12.9 Å². The van der Waals surface area contributed by atoms with Gasteiger partial charge in [0.25, 0.3) is 5.91 Å². The lowest BCUT2D eigenvalue weighted by molar-refractivity contribution is -0.123. The molecule has 2 rings (SSSR count). The molecule has 0 fully saturated rings. The average molecular weight is 390 g/mol. The van der Waals surface area contributed by atoms with E-state index in [0.717, 1.165) is 5.56 Å². The Morgan fingerprint density at radius 1 is 1.00 bits per heavy atom. The van der Waals surface area contributed by atoms with E-state index >= 15 is 0 Å². The first kappa shape index (κ1) is 21.0. The number of carbonyl (C=O) groups excluding carboxylic acids is 1. The SMILES string of the molecule is CC[C@H](NC(=O)COc1ccc(C(C)C)cc1)c1ccc(S(C)(=O)=O)cc1. The molecule has 0 unspecified atom stereocenters. The van der Waals surface area contributed by atoms with E-state index in [1.807, 2.05) is 31.2 Å². The fourth-order valence-electron chi connectivity index (χ4n) is 2.70. The number of nitrogens with one attached hydrogen (secondary N) is 1. The number of sulfone groups is 1. The van der Waals surface area contributed by atoms with E-state index in [9.17, 15) is 13.2 Å². The summed E-state index contributed by atoms with van der Waals surface area (Å²) >= 11 is 0. The predicted octanol–water partition coefficient (Wildman–Crippen LogP) is 3.86. The molecular weight excluding hydrogens is 362 g/mol. The third-order valence-electron chi connectivity index (χ3n) is 4.37. The third-order valence-corrected chi connectivity index (χ3v) is 5.50. The minimum absolute atomic E-state index is 0.0705. The van der Waals surface area contributed by atoms with Gasteiger partial charge in [0.1, 0.15) is 5.75 Å². The van der Waals surface area contributed by atoms with Crippen LogP contribution in [0.5, 0.6) is 5.75 Å². The first-order chi connectivity index (χ1) is 12.7. The molecule has 27 heavy (non-hydrogen) atoms. The summed E-state index contributed by atoms with van der Waals surface area (Å²) in [4.78, 5) is 12.5. The lowest BCUT2D eigenvalue weighted by atomic mass is 10.0. The summed E-state index contributed by atoms with van der Waals surface area (Å²) in [5.41, 5.74) is 2.08. The van der Waals surface area contributed by atoms with Crippen LogP contribution in [0.15, 0.2) is 53.4 Å². The number of hydrogen-bond donors (Lipinski definition) is 1. The zero-order valence-corrected chi connectivity index (χ0v) is 17.0. The van der Waals surface area contributed by atoms with Gasteiger partial charge in [-0.3, -0.25) is 4.79 Å². The Hall–Kier alpha value is -2.34. The maximum atomic E-state index is 12.2. The number of benzene rings is 2. The van der Waals surface area contributed by atoms with E-state index < -0.39 is 9.84 Å². The van der Waals surface area contributed by atoms with Crippen LogP contribution in [-0.4, -0.2) is 27.2 Å². The minimum atomic E-state index is -3.23. The van der Waals surface area contributed by atoms with E-state index in [4.69, 9.17) is 4.74 Å². The van der Waals surface area contributed by atoms with Gasteiger partial charge in [0, 0.05) is 6.26 Å². The molecule has 5 nitrogen and oxygen atoms in total. The molecule has 1 amide bonds. The Labute approximate surface area is 161 Å². The molecule has 6 heteroatoms. The molecule has 0 aliphatic rings. The van der Waals surface area contributed by atoms with Gasteiger partial charge in [-0.1, -0.05) is 45.0 Å². The van der Waals surface area contributed by atoms with Crippen molar-refractivity contribution in [3.05, 3.63) is 59.7 Å². The summed E-state index contributed by atoms with van der Waals surface area (Å²) in [7, 11) is -3.23. The Morgan fingerprint density at radius 2 is 1.56 bits per heavy atom. The van der Waals surface area contributed by atoms with Crippen LogP contribution in [0, 0.1) is 0 Å². The van der Waals surface area contributed by atoms with Crippen molar-refractivity contribution in [2.24, 2.45) is 0 Å². The highest BCUT2D eigenvalue weighted by molar-refractivity contribution is 7.90. The molecule has 0 aliphatic carbocycles. The van der Waals surface area contributed by atoms with Crippen molar-refractivity contribution in [1.29, 1.82) is 0 Å². The van der Waals surface area contributed by atoms with Crippen LogP contribution in [0.2, 0.25) is 0 Å². The van der Waals surface area contributed by atoms with Gasteiger partial charge in [0.05, 0.1) is 10.9 Å². The number of hydrogen-bond acceptors (Lipinski definition) is 4. The molecule has 0 heterocycles. The van der Waals surface area contributed by atoms with Gasteiger partial charge in [0.15, 0.2) is 16.4 Å². The standard InChI is InChI=1S/C21H27NO4S/c1-5-20(17-8-12-19(13-9-17)27(4,24)25)22-21(23)14-26-18-10-6-16(7-11-18)15(2)3/h6-13,15,20H,5,14H2,1-4H3,(H,22,23)/t20-/m0/s1. The smallest absolute Gasteiger partial charge is 0.258 e. The van der Waals surface area contributed by atoms with Crippen LogP contribution in [0.25, 0.3) is 0 Å². The maximum Gasteiger partial charge on any atom is 0.258 e. The Morgan fingerprint density at radius 3 is 2.04 bits per heavy atom. The number of amides is 1. The summed E-state index contributed by atoms with van der Waals surface area (Å²) < 4.78 is 28.7. The first-order valence-corrected chi connectivity index (χ1v) is 10.9. The normalized spacial score (nSPS) is 12.6. The summed E-state index contributed by atoms with van der Waals surface area (Å²) in [5.74, 6) is 0.879. The van der Waals surface area contributed by atoms with E-state index in [0.29, 0.717) is 18.1 Å². The highest BCUT2D eigenvalue weighted by Crippen LogP contribution is 2.20. The van der Waals surface area contributed by atoms with E-state index in [1.54, 1.807) is 24.3 Å². The van der Waals surface area contributed by atoms with Crippen LogP contribution in [0.1, 0.15) is 50.3 Å². The Kier molecular flexibility index (Phi) is 7.02. The van der Waals surface area contributed by atoms with Crippen molar-refractivity contribution < 1.29 is 17.9 Å². The average Bonchev–Trinajstić information content (AvgIpc) is 2.64. The van der Waals surface area contributed by atoms with Crippen molar-refractivity contribution >= 4 is 15.7 Å². The van der Waals surface area contributed by atoms with Crippen molar-refractivity contribution in [3.8, 4) is 5.75 Å². The molecule has 0 radical (unpaired) electrons. The highest BCUT2D eigenvalue weighted by Gasteiger charge is 2.15. The molecule has 0 aromatic heterocycles. The summed E-state index contributed by atoms with van der Waals surface area (Å²) in [6.07, 6.45) is 1.86. The van der Waals surface area contributed by atoms with E-state index in [1.165, 1.54) is 11.8 Å². The predicted molar refractivity (Wildman–Crippen MR) is 107 cm³/mol. The fourth-order valence-corrected chi connectivity index (χ4v) is 3.33. The quantitative estimate of drug-likeness (QED) is 0.744. The lowest BCUT2D eigenvalue weighted by Crippen LogP contribution is -2.32. The summed E-state index contributed by atoms with van der Waals surface area (Å²) in [6.45, 7) is 6.13. The molecule has 2 aromatic carbocycles. The molecule has 0 aliphatic heterocycles. The van der Waals surface area contributed by atoms with Gasteiger partial charge >= 0.3 is 0 Å². The largest absolute Gasteiger partial charge is 0.484 e. The molecule has 2 aromatic rings. The van der Waals surface area contributed by atoms with Crippen molar-refractivity contribution in [1.82, 2.24) is 5.32 Å². The van der Waals surface area contributed by atoms with Gasteiger partial charge < -0.3 is 10.1 Å². The third kappa shape index (κ3) is 6.10. The Balaban J connectivity index is 1.94. The lowest BCUT2D eigenvalue weighted by Gasteiger charge is -2.18. The molecule has 1 atom stereocenters. The zero-order chi connectivity index (χ0) is 20.0. The second-order valence-corrected chi connectivity index (χ2v) is 8.90. The van der Waals surface area contributed by atoms with Gasteiger partial charge in [-0.2, -0.15) is 0 Å². The molecule has 0 bridgehead atoms. The monoisotopic (exact) mass is 389 g/mol. The molecule has 1 N–H and O–H groups in total. The second-order valence-electron chi connectivity index (χ2n) is 6.88. The molecule has 146 valence electrons. The fraction of sp³-hybridized carbons (Fsp3) is 0.381. The topological polar surface area (TPSA) is 72.5 Å². The zero-order valence-electron chi connectivity index (χ0n) is 16.2. The van der Waals surface area contributed by atoms with E-state index in [2.05, 4.69) is 19.2 Å². The van der Waals surface area contributed by atoms with Gasteiger partial charge in [-0.05, 0) is 47.7 Å². The van der Waals surface area contributed by atoms with Crippen LogP contribution < -0.4 is 10.1 Å². The second kappa shape index (κ2) is 9.04. The van der Waals surface area contributed by atoms with Gasteiger partial charge in [0.2, 0.25) is 0 Å². The minimum Gasteiger partial charge on any atom is -0.484 e. The number of rotatable bonds is 8. The molecular formula is C21H27NO4S. The summed E-state index contributed by atoms with van der Waals surface area (Å²) in [6, 6.07) is 14.1. The van der Waals surface area contributed by atoms with Crippen molar-refractivity contribution in [2.45, 2.75) is 44.0 Å². The van der Waals surface area contributed by atoms with Gasteiger partial charge in [-0.25, -0.2) is 8.42 Å².